The van der Waals surface area contributed by atoms with Crippen molar-refractivity contribution < 1.29 is 4.42 Å². The van der Waals surface area contributed by atoms with Crippen LogP contribution < -0.4 is 4.90 Å². The van der Waals surface area contributed by atoms with Crippen molar-refractivity contribution in [1.82, 2.24) is 0 Å². The van der Waals surface area contributed by atoms with E-state index in [1.807, 2.05) is 11.3 Å². The lowest BCUT2D eigenvalue weighted by atomic mass is 9.96. The second-order valence-electron chi connectivity index (χ2n) is 13.7. The summed E-state index contributed by atoms with van der Waals surface area (Å²) in [5.41, 5.74) is 9.97. The summed E-state index contributed by atoms with van der Waals surface area (Å²) in [4.78, 5) is 2.43. The molecule has 0 bridgehead atoms. The lowest BCUT2D eigenvalue weighted by molar-refractivity contribution is 0.672. The molecule has 248 valence electrons. The summed E-state index contributed by atoms with van der Waals surface area (Å²) < 4.78 is 9.25. The van der Waals surface area contributed by atoms with Gasteiger partial charge in [0, 0.05) is 36.6 Å². The third-order valence-corrected chi connectivity index (χ3v) is 11.8. The summed E-state index contributed by atoms with van der Waals surface area (Å²) in [6.45, 7) is 0. The highest BCUT2D eigenvalue weighted by Gasteiger charge is 2.23. The van der Waals surface area contributed by atoms with E-state index in [0.717, 1.165) is 44.4 Å². The molecule has 0 aliphatic heterocycles. The fourth-order valence-electron chi connectivity index (χ4n) is 8.19. The van der Waals surface area contributed by atoms with E-state index in [9.17, 15) is 0 Å². The number of benzene rings is 9. The Morgan fingerprint density at radius 2 is 0.962 bits per heavy atom. The minimum atomic E-state index is 0.879. The van der Waals surface area contributed by atoms with Gasteiger partial charge in [-0.3, -0.25) is 0 Å². The molecule has 3 heteroatoms. The molecular formula is C50H31NOS. The molecule has 0 fully saturated rings. The predicted molar refractivity (Wildman–Crippen MR) is 227 cm³/mol. The van der Waals surface area contributed by atoms with Crippen LogP contribution >= 0.6 is 11.3 Å². The zero-order chi connectivity index (χ0) is 34.9. The average Bonchev–Trinajstić information content (AvgIpc) is 3.81. The summed E-state index contributed by atoms with van der Waals surface area (Å²) in [5, 5.41) is 9.58. The maximum absolute atomic E-state index is 6.69. The SMILES string of the molecule is c1ccc2c(-c3ccc(-c4ccc(N(c5cccc6oc7c8ccccc8ccc7c56)c5cccc6sc7ccccc7c56)cc4)cc3)cccc2c1. The Labute approximate surface area is 310 Å². The number of hydrogen-bond donors (Lipinski definition) is 0. The van der Waals surface area contributed by atoms with Crippen molar-refractivity contribution in [3.8, 4) is 22.3 Å². The van der Waals surface area contributed by atoms with Gasteiger partial charge in [-0.2, -0.15) is 0 Å². The molecule has 0 aliphatic carbocycles. The summed E-state index contributed by atoms with van der Waals surface area (Å²) >= 11 is 1.85. The number of furan rings is 1. The molecular weight excluding hydrogens is 663 g/mol. The van der Waals surface area contributed by atoms with Gasteiger partial charge in [-0.05, 0) is 86.9 Å². The maximum atomic E-state index is 6.69. The molecule has 0 unspecified atom stereocenters. The Bertz CT molecular complexity index is 3160. The van der Waals surface area contributed by atoms with Crippen molar-refractivity contribution in [3.05, 3.63) is 188 Å². The van der Waals surface area contributed by atoms with E-state index in [0.29, 0.717) is 0 Å². The van der Waals surface area contributed by atoms with Crippen LogP contribution in [0.4, 0.5) is 17.1 Å². The van der Waals surface area contributed by atoms with Gasteiger partial charge in [0.05, 0.1) is 16.8 Å². The van der Waals surface area contributed by atoms with Gasteiger partial charge in [-0.25, -0.2) is 0 Å². The van der Waals surface area contributed by atoms with Crippen LogP contribution in [0.5, 0.6) is 0 Å². The van der Waals surface area contributed by atoms with Crippen molar-refractivity contribution in [2.45, 2.75) is 0 Å². The molecule has 0 saturated carbocycles. The van der Waals surface area contributed by atoms with Crippen LogP contribution in [0, 0.1) is 0 Å². The number of hydrogen-bond acceptors (Lipinski definition) is 3. The zero-order valence-corrected chi connectivity index (χ0v) is 29.5. The Kier molecular flexibility index (Phi) is 6.76. The molecule has 2 aromatic heterocycles. The van der Waals surface area contributed by atoms with E-state index < -0.39 is 0 Å². The monoisotopic (exact) mass is 693 g/mol. The van der Waals surface area contributed by atoms with E-state index in [-0.39, 0.29) is 0 Å². The first-order valence-electron chi connectivity index (χ1n) is 18.0. The quantitative estimate of drug-likeness (QED) is 0.178. The van der Waals surface area contributed by atoms with Gasteiger partial charge in [0.15, 0.2) is 0 Å². The predicted octanol–water partition coefficient (Wildman–Crippen LogP) is 15.1. The maximum Gasteiger partial charge on any atom is 0.143 e. The molecule has 0 atom stereocenters. The minimum Gasteiger partial charge on any atom is -0.455 e. The average molecular weight is 694 g/mol. The Balaban J connectivity index is 1.08. The van der Waals surface area contributed by atoms with Crippen LogP contribution in [-0.2, 0) is 0 Å². The summed E-state index contributed by atoms with van der Waals surface area (Å²) in [6, 6.07) is 67.9. The summed E-state index contributed by atoms with van der Waals surface area (Å²) in [5.74, 6) is 0. The van der Waals surface area contributed by atoms with Gasteiger partial charge in [0.2, 0.25) is 0 Å². The third-order valence-electron chi connectivity index (χ3n) is 10.7. The fraction of sp³-hybridized carbons (Fsp3) is 0. The highest BCUT2D eigenvalue weighted by atomic mass is 32.1. The van der Waals surface area contributed by atoms with Gasteiger partial charge >= 0.3 is 0 Å². The normalized spacial score (nSPS) is 11.8. The summed E-state index contributed by atoms with van der Waals surface area (Å²) in [6.07, 6.45) is 0. The topological polar surface area (TPSA) is 16.4 Å². The van der Waals surface area contributed by atoms with Crippen LogP contribution in [0.15, 0.2) is 192 Å². The molecule has 0 spiro atoms. The first kappa shape index (κ1) is 30.0. The van der Waals surface area contributed by atoms with E-state index in [2.05, 4.69) is 193 Å². The molecule has 0 aliphatic rings. The Morgan fingerprint density at radius 3 is 1.77 bits per heavy atom. The lowest BCUT2D eigenvalue weighted by Gasteiger charge is -2.27. The lowest BCUT2D eigenvalue weighted by Crippen LogP contribution is -2.10. The molecule has 2 heterocycles. The van der Waals surface area contributed by atoms with Crippen LogP contribution in [0.2, 0.25) is 0 Å². The standard InChI is InChI=1S/C50H31NOS/c1-3-13-38-34(10-1)12-7-16-39(38)36-24-22-32(23-25-36)33-26-29-37(30-27-33)51(44-18-9-21-47-49(44)41-15-5-6-20-46(41)53-47)43-17-8-19-45-48(43)42-31-28-35-11-2-4-14-40(35)50(42)52-45/h1-31H. The number of nitrogens with zero attached hydrogens (tertiary/aromatic N) is 1. The van der Waals surface area contributed by atoms with Gasteiger partial charge in [0.25, 0.3) is 0 Å². The molecule has 2 nitrogen and oxygen atoms in total. The molecule has 0 amide bonds. The number of anilines is 3. The largest absolute Gasteiger partial charge is 0.455 e. The van der Waals surface area contributed by atoms with Crippen molar-refractivity contribution in [2.24, 2.45) is 0 Å². The fourth-order valence-corrected chi connectivity index (χ4v) is 9.32. The Hall–Kier alpha value is -6.68. The highest BCUT2D eigenvalue weighted by Crippen LogP contribution is 2.48. The van der Waals surface area contributed by atoms with Crippen molar-refractivity contribution in [3.63, 3.8) is 0 Å². The zero-order valence-electron chi connectivity index (χ0n) is 28.7. The van der Waals surface area contributed by atoms with Crippen LogP contribution in [0.3, 0.4) is 0 Å². The summed E-state index contributed by atoms with van der Waals surface area (Å²) in [7, 11) is 0. The van der Waals surface area contributed by atoms with Gasteiger partial charge in [-0.1, -0.05) is 140 Å². The van der Waals surface area contributed by atoms with Crippen molar-refractivity contribution in [1.29, 1.82) is 0 Å². The minimum absolute atomic E-state index is 0.879. The van der Waals surface area contributed by atoms with Crippen molar-refractivity contribution in [2.75, 3.05) is 4.90 Å². The van der Waals surface area contributed by atoms with Gasteiger partial charge < -0.3 is 9.32 Å². The first-order valence-corrected chi connectivity index (χ1v) is 18.8. The molecule has 11 rings (SSSR count). The van der Waals surface area contributed by atoms with E-state index >= 15 is 0 Å². The third kappa shape index (κ3) is 4.78. The molecule has 53 heavy (non-hydrogen) atoms. The van der Waals surface area contributed by atoms with Crippen LogP contribution in [0.1, 0.15) is 0 Å². The van der Waals surface area contributed by atoms with E-state index in [4.69, 9.17) is 4.42 Å². The van der Waals surface area contributed by atoms with E-state index in [1.54, 1.807) is 0 Å². The first-order chi connectivity index (χ1) is 26.3. The number of fused-ring (bicyclic) bond motifs is 9. The second-order valence-corrected chi connectivity index (χ2v) is 14.7. The highest BCUT2D eigenvalue weighted by molar-refractivity contribution is 7.26. The van der Waals surface area contributed by atoms with Crippen LogP contribution in [0.25, 0.3) is 85.9 Å². The second kappa shape index (κ2) is 11.9. The smallest absolute Gasteiger partial charge is 0.143 e. The number of rotatable bonds is 5. The van der Waals surface area contributed by atoms with E-state index in [1.165, 1.54) is 58.6 Å². The van der Waals surface area contributed by atoms with Crippen LogP contribution in [-0.4, -0.2) is 0 Å². The molecule has 9 aromatic carbocycles. The van der Waals surface area contributed by atoms with Crippen molar-refractivity contribution >= 4 is 92.1 Å². The van der Waals surface area contributed by atoms with Gasteiger partial charge in [-0.15, -0.1) is 11.3 Å². The molecule has 0 N–H and O–H groups in total. The Morgan fingerprint density at radius 1 is 0.377 bits per heavy atom. The van der Waals surface area contributed by atoms with Gasteiger partial charge in [0.1, 0.15) is 11.2 Å². The molecule has 0 saturated heterocycles. The number of thiophene rings is 1. The molecule has 11 aromatic rings. The molecule has 0 radical (unpaired) electrons.